The summed E-state index contributed by atoms with van der Waals surface area (Å²) in [5.41, 5.74) is 1.43. The van der Waals surface area contributed by atoms with Crippen LogP contribution in [0.5, 0.6) is 5.75 Å². The summed E-state index contributed by atoms with van der Waals surface area (Å²) in [5.74, 6) is 0.106. The molecule has 134 valence electrons. The fourth-order valence-corrected chi connectivity index (χ4v) is 3.26. The van der Waals surface area contributed by atoms with Crippen molar-refractivity contribution >= 4 is 39.9 Å². The largest absolute Gasteiger partial charge is 0.481 e. The lowest BCUT2D eigenvalue weighted by Gasteiger charge is -2.15. The van der Waals surface area contributed by atoms with Gasteiger partial charge >= 0.3 is 0 Å². The molecule has 2 aromatic rings. The number of nitrogens with one attached hydrogen (secondary N) is 1. The van der Waals surface area contributed by atoms with Crippen molar-refractivity contribution in [2.24, 2.45) is 0 Å². The molecule has 1 heterocycles. The van der Waals surface area contributed by atoms with Gasteiger partial charge in [0.2, 0.25) is 0 Å². The summed E-state index contributed by atoms with van der Waals surface area (Å²) < 4.78 is 5.69. The molecule has 0 spiro atoms. The van der Waals surface area contributed by atoms with Crippen LogP contribution < -0.4 is 10.1 Å². The number of benzene rings is 1. The summed E-state index contributed by atoms with van der Waals surface area (Å²) in [5, 5.41) is 3.68. The third-order valence-electron chi connectivity index (χ3n) is 3.44. The third-order valence-corrected chi connectivity index (χ3v) is 4.73. The van der Waals surface area contributed by atoms with Crippen LogP contribution >= 0.6 is 22.9 Å². The topological polar surface area (TPSA) is 71.5 Å². The molecule has 1 atom stereocenters. The Morgan fingerprint density at radius 3 is 2.60 bits per heavy atom. The standard InChI is InChI=1S/C17H20ClN3O3S/c1-9-8-12(18)6-7-13(9)24-11(3)15(22)20-17-19-10(2)14(25-17)16(23)21(4)5/h6-8,11H,1-5H3,(H,19,20,22)/t11-/m0/s1. The lowest BCUT2D eigenvalue weighted by Crippen LogP contribution is -2.30. The maximum absolute atomic E-state index is 12.3. The van der Waals surface area contributed by atoms with Gasteiger partial charge < -0.3 is 9.64 Å². The summed E-state index contributed by atoms with van der Waals surface area (Å²) >= 11 is 7.06. The number of ether oxygens (including phenoxy) is 1. The maximum Gasteiger partial charge on any atom is 0.266 e. The average Bonchev–Trinajstić information content (AvgIpc) is 2.89. The van der Waals surface area contributed by atoms with Gasteiger partial charge in [0.25, 0.3) is 11.8 Å². The second-order valence-electron chi connectivity index (χ2n) is 5.79. The van der Waals surface area contributed by atoms with Gasteiger partial charge in [-0.15, -0.1) is 0 Å². The summed E-state index contributed by atoms with van der Waals surface area (Å²) in [6.07, 6.45) is -0.725. The van der Waals surface area contributed by atoms with E-state index in [-0.39, 0.29) is 11.8 Å². The average molecular weight is 382 g/mol. The predicted molar refractivity (Wildman–Crippen MR) is 99.8 cm³/mol. The van der Waals surface area contributed by atoms with Gasteiger partial charge in [-0.05, 0) is 44.5 Å². The fourth-order valence-electron chi connectivity index (χ4n) is 2.05. The zero-order valence-electron chi connectivity index (χ0n) is 14.7. The molecule has 0 aliphatic carbocycles. The van der Waals surface area contributed by atoms with Gasteiger partial charge in [0.05, 0.1) is 5.69 Å². The number of anilines is 1. The second-order valence-corrected chi connectivity index (χ2v) is 7.23. The molecular formula is C17H20ClN3O3S. The molecule has 25 heavy (non-hydrogen) atoms. The van der Waals surface area contributed by atoms with Crippen LogP contribution in [-0.2, 0) is 4.79 Å². The number of carbonyl (C=O) groups excluding carboxylic acids is 2. The first-order valence-electron chi connectivity index (χ1n) is 7.61. The molecule has 8 heteroatoms. The number of aromatic nitrogens is 1. The van der Waals surface area contributed by atoms with Crippen molar-refractivity contribution in [3.8, 4) is 5.75 Å². The molecule has 0 saturated carbocycles. The highest BCUT2D eigenvalue weighted by Crippen LogP contribution is 2.25. The number of carbonyl (C=O) groups is 2. The molecule has 0 bridgehead atoms. The predicted octanol–water partition coefficient (Wildman–Crippen LogP) is 3.52. The van der Waals surface area contributed by atoms with E-state index in [4.69, 9.17) is 16.3 Å². The number of nitrogens with zero attached hydrogens (tertiary/aromatic N) is 2. The number of halogens is 1. The van der Waals surface area contributed by atoms with Crippen LogP contribution in [-0.4, -0.2) is 41.9 Å². The maximum atomic E-state index is 12.3. The summed E-state index contributed by atoms with van der Waals surface area (Å²) in [6, 6.07) is 5.20. The van der Waals surface area contributed by atoms with Crippen LogP contribution in [0.15, 0.2) is 18.2 Å². The van der Waals surface area contributed by atoms with Crippen molar-refractivity contribution < 1.29 is 14.3 Å². The molecule has 0 unspecified atom stereocenters. The Bertz CT molecular complexity index is 804. The minimum atomic E-state index is -0.725. The van der Waals surface area contributed by atoms with Gasteiger partial charge in [-0.2, -0.15) is 0 Å². The van der Waals surface area contributed by atoms with Crippen LogP contribution in [0, 0.1) is 13.8 Å². The minimum Gasteiger partial charge on any atom is -0.481 e. The van der Waals surface area contributed by atoms with E-state index in [0.717, 1.165) is 16.9 Å². The highest BCUT2D eigenvalue weighted by atomic mass is 35.5. The monoisotopic (exact) mass is 381 g/mol. The first-order valence-corrected chi connectivity index (χ1v) is 8.81. The Kier molecular flexibility index (Phi) is 6.02. The highest BCUT2D eigenvalue weighted by molar-refractivity contribution is 7.17. The fraction of sp³-hybridized carbons (Fsp3) is 0.353. The van der Waals surface area contributed by atoms with Crippen LogP contribution in [0.25, 0.3) is 0 Å². The Balaban J connectivity index is 2.06. The van der Waals surface area contributed by atoms with Gasteiger partial charge in [-0.1, -0.05) is 22.9 Å². The molecule has 0 aliphatic rings. The van der Waals surface area contributed by atoms with Crippen molar-refractivity contribution in [3.05, 3.63) is 39.4 Å². The number of hydrogen-bond donors (Lipinski definition) is 1. The molecule has 0 aliphatic heterocycles. The Hall–Kier alpha value is -2.12. The first kappa shape index (κ1) is 19.2. The number of amides is 2. The molecule has 1 aromatic carbocycles. The van der Waals surface area contributed by atoms with Crippen LogP contribution in [0.4, 0.5) is 5.13 Å². The van der Waals surface area contributed by atoms with Gasteiger partial charge in [0.15, 0.2) is 11.2 Å². The number of aryl methyl sites for hydroxylation is 2. The van der Waals surface area contributed by atoms with Crippen LogP contribution in [0.2, 0.25) is 5.02 Å². The van der Waals surface area contributed by atoms with Crippen LogP contribution in [0.1, 0.15) is 27.9 Å². The molecule has 2 amide bonds. The molecule has 0 radical (unpaired) electrons. The van der Waals surface area contributed by atoms with E-state index in [1.807, 2.05) is 6.92 Å². The Morgan fingerprint density at radius 2 is 2.00 bits per heavy atom. The molecule has 0 fully saturated rings. The van der Waals surface area contributed by atoms with Crippen LogP contribution in [0.3, 0.4) is 0 Å². The highest BCUT2D eigenvalue weighted by Gasteiger charge is 2.21. The van der Waals surface area contributed by atoms with Crippen molar-refractivity contribution in [1.82, 2.24) is 9.88 Å². The SMILES string of the molecule is Cc1cc(Cl)ccc1O[C@@H](C)C(=O)Nc1nc(C)c(C(=O)N(C)C)s1. The minimum absolute atomic E-state index is 0.142. The lowest BCUT2D eigenvalue weighted by molar-refractivity contribution is -0.122. The van der Waals surface area contributed by atoms with E-state index in [1.165, 1.54) is 4.90 Å². The molecule has 0 saturated heterocycles. The van der Waals surface area contributed by atoms with E-state index in [9.17, 15) is 9.59 Å². The van der Waals surface area contributed by atoms with E-state index >= 15 is 0 Å². The normalized spacial score (nSPS) is 11.8. The third kappa shape index (κ3) is 4.70. The number of hydrogen-bond acceptors (Lipinski definition) is 5. The van der Waals surface area contributed by atoms with Gasteiger partial charge in [-0.3, -0.25) is 14.9 Å². The molecule has 1 aromatic heterocycles. The summed E-state index contributed by atoms with van der Waals surface area (Å²) in [7, 11) is 3.34. The molecule has 1 N–H and O–H groups in total. The number of thiazole rings is 1. The smallest absolute Gasteiger partial charge is 0.266 e. The molecular weight excluding hydrogens is 362 g/mol. The quantitative estimate of drug-likeness (QED) is 0.860. The zero-order chi connectivity index (χ0) is 18.7. The van der Waals surface area contributed by atoms with E-state index < -0.39 is 6.10 Å². The van der Waals surface area contributed by atoms with E-state index in [1.54, 1.807) is 46.1 Å². The Morgan fingerprint density at radius 1 is 1.32 bits per heavy atom. The molecule has 6 nitrogen and oxygen atoms in total. The second kappa shape index (κ2) is 7.84. The van der Waals surface area contributed by atoms with Gasteiger partial charge in [0.1, 0.15) is 10.6 Å². The van der Waals surface area contributed by atoms with Crippen molar-refractivity contribution in [2.75, 3.05) is 19.4 Å². The number of rotatable bonds is 5. The van der Waals surface area contributed by atoms with Crippen molar-refractivity contribution in [2.45, 2.75) is 26.9 Å². The van der Waals surface area contributed by atoms with Crippen molar-refractivity contribution in [1.29, 1.82) is 0 Å². The van der Waals surface area contributed by atoms with Gasteiger partial charge in [0, 0.05) is 19.1 Å². The first-order chi connectivity index (χ1) is 11.7. The summed E-state index contributed by atoms with van der Waals surface area (Å²) in [6.45, 7) is 5.24. The lowest BCUT2D eigenvalue weighted by atomic mass is 10.2. The molecule has 2 rings (SSSR count). The van der Waals surface area contributed by atoms with E-state index in [0.29, 0.717) is 26.5 Å². The summed E-state index contributed by atoms with van der Waals surface area (Å²) in [4.78, 5) is 30.6. The van der Waals surface area contributed by atoms with Crippen molar-refractivity contribution in [3.63, 3.8) is 0 Å². The van der Waals surface area contributed by atoms with E-state index in [2.05, 4.69) is 10.3 Å². The Labute approximate surface area is 155 Å². The van der Waals surface area contributed by atoms with Gasteiger partial charge in [-0.25, -0.2) is 4.98 Å². The zero-order valence-corrected chi connectivity index (χ0v) is 16.3.